The number of rotatable bonds is 8. The number of amides is 4. The molecule has 3 N–H and O–H groups in total. The second-order valence-corrected chi connectivity index (χ2v) is 18.8. The lowest BCUT2D eigenvalue weighted by Gasteiger charge is -2.39. The van der Waals surface area contributed by atoms with Crippen molar-refractivity contribution in [3.8, 4) is 28.3 Å². The minimum atomic E-state index is -1.08. The van der Waals surface area contributed by atoms with Gasteiger partial charge in [-0.3, -0.25) is 24.2 Å². The third kappa shape index (κ3) is 8.06. The smallest absolute Gasteiger partial charge is 0.259 e. The van der Waals surface area contributed by atoms with Gasteiger partial charge in [0.25, 0.3) is 5.91 Å². The summed E-state index contributed by atoms with van der Waals surface area (Å²) < 4.78 is 4.62. The first-order valence-corrected chi connectivity index (χ1v) is 23.0. The zero-order chi connectivity index (χ0) is 45.7. The quantitative estimate of drug-likeness (QED) is 0.177. The number of carbonyl (C=O) groups excluding carboxylic acids is 4. The Morgan fingerprint density at radius 3 is 2.62 bits per heavy atom. The molecule has 8 heterocycles. The highest BCUT2D eigenvalue weighted by Crippen LogP contribution is 2.44. The number of likely N-dealkylation sites (N-methyl/N-ethyl adjacent to an activating group) is 1. The summed E-state index contributed by atoms with van der Waals surface area (Å²) in [5.74, 6) is -1.18. The summed E-state index contributed by atoms with van der Waals surface area (Å²) in [5.41, 5.74) is 11.1. The SMILES string of the molecule is C=CC(=O)N1CCC(C(=O)N(C)[C@H](C(=O)N[C@H]2Cc3cc(O)cc(c3)-c3ccc4c(n3)c(c(-c3cncnc3)n4CC)CC3(C)CCCn4c3cnc4[C@@H]3CCCN(N3)C2=O)C(C)C)C1. The Bertz CT molecular complexity index is 2670. The number of hydrogen-bond acceptors (Lipinski definition) is 10. The van der Waals surface area contributed by atoms with Crippen molar-refractivity contribution in [2.75, 3.05) is 26.7 Å². The molecule has 65 heavy (non-hydrogen) atoms. The number of fused-ring (bicyclic) bond motifs is 7. The van der Waals surface area contributed by atoms with E-state index in [0.29, 0.717) is 55.7 Å². The number of aryl methyl sites for hydroxylation is 1. The van der Waals surface area contributed by atoms with Gasteiger partial charge in [0.15, 0.2) is 0 Å². The van der Waals surface area contributed by atoms with E-state index in [4.69, 9.17) is 9.97 Å². The highest BCUT2D eigenvalue weighted by molar-refractivity contribution is 5.94. The number of phenolic OH excluding ortho intramolecular Hbond substituents is 1. The van der Waals surface area contributed by atoms with E-state index in [2.05, 4.69) is 56.3 Å². The maximum absolute atomic E-state index is 15.0. The molecule has 5 aromatic rings. The molecule has 2 fully saturated rings. The van der Waals surface area contributed by atoms with E-state index in [9.17, 15) is 24.3 Å². The Labute approximate surface area is 379 Å². The Morgan fingerprint density at radius 1 is 1.06 bits per heavy atom. The van der Waals surface area contributed by atoms with Crippen LogP contribution in [-0.2, 0) is 50.5 Å². The van der Waals surface area contributed by atoms with Crippen molar-refractivity contribution in [1.82, 2.24) is 54.6 Å². The lowest BCUT2D eigenvalue weighted by molar-refractivity contribution is -0.146. The number of benzene rings is 1. The van der Waals surface area contributed by atoms with Gasteiger partial charge in [-0.25, -0.2) is 25.4 Å². The van der Waals surface area contributed by atoms with E-state index in [1.807, 2.05) is 44.6 Å². The van der Waals surface area contributed by atoms with Crippen LogP contribution in [0.15, 0.2) is 67.9 Å². The minimum absolute atomic E-state index is 0.00164. The first kappa shape index (κ1) is 43.8. The fourth-order valence-corrected chi connectivity index (χ4v) is 11.0. The van der Waals surface area contributed by atoms with Gasteiger partial charge in [-0.2, -0.15) is 0 Å². The molecule has 5 atom stereocenters. The molecule has 0 spiro atoms. The van der Waals surface area contributed by atoms with Crippen LogP contribution in [0.2, 0.25) is 0 Å². The van der Waals surface area contributed by atoms with Crippen LogP contribution in [0.3, 0.4) is 0 Å². The van der Waals surface area contributed by atoms with Crippen LogP contribution >= 0.6 is 0 Å². The van der Waals surface area contributed by atoms with Crippen LogP contribution < -0.4 is 10.7 Å². The summed E-state index contributed by atoms with van der Waals surface area (Å²) in [6.45, 7) is 14.4. The molecule has 4 amide bonds. The normalized spacial score (nSPS) is 22.4. The average Bonchev–Trinajstić information content (AvgIpc) is 4.05. The van der Waals surface area contributed by atoms with Crippen molar-refractivity contribution in [3.05, 3.63) is 90.5 Å². The fourth-order valence-electron chi connectivity index (χ4n) is 11.0. The number of carbonyl (C=O) groups is 4. The topological polar surface area (TPSA) is 184 Å². The highest BCUT2D eigenvalue weighted by atomic mass is 16.3. The van der Waals surface area contributed by atoms with Crippen LogP contribution in [0.25, 0.3) is 33.5 Å². The van der Waals surface area contributed by atoms with Gasteiger partial charge >= 0.3 is 0 Å². The van der Waals surface area contributed by atoms with Crippen LogP contribution in [-0.4, -0.2) is 111 Å². The van der Waals surface area contributed by atoms with Crippen molar-refractivity contribution < 1.29 is 24.3 Å². The number of pyridine rings is 1. The molecule has 0 radical (unpaired) electrons. The first-order valence-electron chi connectivity index (χ1n) is 23.0. The number of imidazole rings is 1. The van der Waals surface area contributed by atoms with Crippen molar-refractivity contribution in [2.45, 2.75) is 109 Å². The zero-order valence-electron chi connectivity index (χ0n) is 38.0. The summed E-state index contributed by atoms with van der Waals surface area (Å²) in [7, 11) is 1.62. The van der Waals surface area contributed by atoms with E-state index >= 15 is 0 Å². The molecule has 4 aliphatic rings. The van der Waals surface area contributed by atoms with Crippen LogP contribution in [0, 0.1) is 11.8 Å². The van der Waals surface area contributed by atoms with Gasteiger partial charge in [0.2, 0.25) is 17.7 Å². The molecular weight excluding hydrogens is 823 g/mol. The summed E-state index contributed by atoms with van der Waals surface area (Å²) in [4.78, 5) is 78.3. The number of aromatic hydroxyl groups is 1. The molecule has 16 nitrogen and oxygen atoms in total. The second-order valence-electron chi connectivity index (χ2n) is 18.8. The molecule has 4 aromatic heterocycles. The lowest BCUT2D eigenvalue weighted by Crippen LogP contribution is -2.60. The highest BCUT2D eigenvalue weighted by Gasteiger charge is 2.42. The zero-order valence-corrected chi connectivity index (χ0v) is 38.0. The van der Waals surface area contributed by atoms with Crippen LogP contribution in [0.4, 0.5) is 0 Å². The van der Waals surface area contributed by atoms with E-state index < -0.39 is 23.9 Å². The molecule has 0 aliphatic carbocycles. The van der Waals surface area contributed by atoms with Crippen LogP contribution in [0.5, 0.6) is 5.75 Å². The van der Waals surface area contributed by atoms with Gasteiger partial charge in [-0.1, -0.05) is 27.4 Å². The largest absolute Gasteiger partial charge is 0.508 e. The number of hydrazine groups is 1. The van der Waals surface area contributed by atoms with Gasteiger partial charge in [0.05, 0.1) is 34.4 Å². The molecule has 4 aliphatic heterocycles. The van der Waals surface area contributed by atoms with Gasteiger partial charge in [-0.15, -0.1) is 0 Å². The minimum Gasteiger partial charge on any atom is -0.508 e. The van der Waals surface area contributed by atoms with Crippen molar-refractivity contribution >= 4 is 34.7 Å². The maximum atomic E-state index is 15.0. The summed E-state index contributed by atoms with van der Waals surface area (Å²) in [6, 6.07) is 7.01. The Hall–Kier alpha value is -6.42. The summed E-state index contributed by atoms with van der Waals surface area (Å²) in [5, 5.41) is 16.0. The molecule has 16 heteroatoms. The molecule has 0 saturated carbocycles. The molecule has 9 rings (SSSR count). The molecule has 340 valence electrons. The first-order chi connectivity index (χ1) is 31.3. The van der Waals surface area contributed by atoms with E-state index in [0.717, 1.165) is 65.2 Å². The van der Waals surface area contributed by atoms with Gasteiger partial charge in [0, 0.05) is 92.6 Å². The van der Waals surface area contributed by atoms with Gasteiger partial charge in [0.1, 0.15) is 30.0 Å². The molecular formula is C49H59N11O5. The molecule has 10 bridgehead atoms. The van der Waals surface area contributed by atoms with Crippen LogP contribution in [0.1, 0.15) is 88.5 Å². The van der Waals surface area contributed by atoms with E-state index in [1.165, 1.54) is 11.0 Å². The van der Waals surface area contributed by atoms with Gasteiger partial charge < -0.3 is 29.4 Å². The Kier molecular flexibility index (Phi) is 11.8. The van der Waals surface area contributed by atoms with Crippen molar-refractivity contribution in [2.24, 2.45) is 11.8 Å². The number of hydrogen-bond donors (Lipinski definition) is 3. The van der Waals surface area contributed by atoms with Crippen molar-refractivity contribution in [3.63, 3.8) is 0 Å². The number of nitrogens with zero attached hydrogens (tertiary/aromatic N) is 9. The predicted octanol–water partition coefficient (Wildman–Crippen LogP) is 5.10. The maximum Gasteiger partial charge on any atom is 0.259 e. The third-order valence-corrected chi connectivity index (χ3v) is 14.1. The second kappa shape index (κ2) is 17.5. The predicted molar refractivity (Wildman–Crippen MR) is 245 cm³/mol. The lowest BCUT2D eigenvalue weighted by atomic mass is 9.74. The third-order valence-electron chi connectivity index (χ3n) is 14.1. The number of aromatic nitrogens is 6. The molecule has 2 unspecified atom stereocenters. The number of nitrogens with one attached hydrogen (secondary N) is 2. The summed E-state index contributed by atoms with van der Waals surface area (Å²) >= 11 is 0. The standard InChI is InChI=1S/C49H59N11O5/c1-7-41(62)57-18-14-31(27-57)47(64)56(6)43(29(3)4)46(63)54-38-21-30-19-32(22-34(61)20-30)36-12-13-39-42(53-36)35(44(58(39)8-2)33-24-50-28-51-25-33)23-49(5)15-10-16-59-40(49)26-52-45(59)37-11-9-17-60(55-37)48(38)65/h7,12-13,19-20,22,24-26,28-29,31,37-38,43,55,61H,1,8-11,14-18,21,23,27H2,2-6H3,(H,54,63)/t31?,37-,38-,43-,49?/m0/s1. The molecule has 2 saturated heterocycles. The van der Waals surface area contributed by atoms with E-state index in [-0.39, 0.29) is 53.8 Å². The monoisotopic (exact) mass is 881 g/mol. The number of phenols is 1. The average molecular weight is 882 g/mol. The summed E-state index contributed by atoms with van der Waals surface area (Å²) in [6.07, 6.45) is 13.1. The number of likely N-dealkylation sites (tertiary alicyclic amines) is 1. The van der Waals surface area contributed by atoms with Gasteiger partial charge in [-0.05, 0) is 93.3 Å². The fraction of sp³-hybridized carbons (Fsp3) is 0.469. The molecule has 1 aromatic carbocycles. The Balaban J connectivity index is 1.14. The Morgan fingerprint density at radius 2 is 1.86 bits per heavy atom. The van der Waals surface area contributed by atoms with E-state index in [1.54, 1.807) is 35.4 Å². The van der Waals surface area contributed by atoms with Crippen molar-refractivity contribution in [1.29, 1.82) is 0 Å².